The molecule has 28 heavy (non-hydrogen) atoms. The number of thiophene rings is 1. The molecule has 1 aromatic carbocycles. The number of hydrogen-bond acceptors (Lipinski definition) is 4. The topological polar surface area (TPSA) is 81.4 Å². The number of carbonyl (C=O) groups excluding carboxylic acids is 2. The zero-order valence-electron chi connectivity index (χ0n) is 16.9. The van der Waals surface area contributed by atoms with Crippen LogP contribution < -0.4 is 15.8 Å². The molecule has 1 atom stereocenters. The highest BCUT2D eigenvalue weighted by Gasteiger charge is 2.33. The van der Waals surface area contributed by atoms with Gasteiger partial charge in [-0.1, -0.05) is 38.5 Å². The molecule has 0 saturated heterocycles. The number of fused-ring (bicyclic) bond motifs is 1. The van der Waals surface area contributed by atoms with Crippen LogP contribution in [-0.2, 0) is 17.6 Å². The number of primary amides is 1. The first-order valence-corrected chi connectivity index (χ1v) is 10.4. The van der Waals surface area contributed by atoms with Gasteiger partial charge in [0, 0.05) is 4.88 Å². The molecule has 0 radical (unpaired) electrons. The number of nitrogens with two attached hydrogens (primary N) is 1. The van der Waals surface area contributed by atoms with Crippen molar-refractivity contribution in [2.75, 3.05) is 11.9 Å². The Bertz CT molecular complexity index is 878. The second kappa shape index (κ2) is 7.95. The second-order valence-electron chi connectivity index (χ2n) is 8.53. The summed E-state index contributed by atoms with van der Waals surface area (Å²) in [7, 11) is 0. The number of rotatable bonds is 5. The van der Waals surface area contributed by atoms with Gasteiger partial charge in [-0.05, 0) is 55.2 Å². The maximum atomic E-state index is 12.4. The number of hydrogen-bond donors (Lipinski definition) is 2. The van der Waals surface area contributed by atoms with Crippen LogP contribution in [0.2, 0.25) is 0 Å². The van der Waals surface area contributed by atoms with Crippen LogP contribution in [0.5, 0.6) is 5.75 Å². The van der Waals surface area contributed by atoms with Crippen molar-refractivity contribution < 1.29 is 14.3 Å². The summed E-state index contributed by atoms with van der Waals surface area (Å²) in [6.45, 7) is 8.61. The maximum Gasteiger partial charge on any atom is 0.262 e. The molecular weight excluding hydrogens is 372 g/mol. The SMILES string of the molecule is Cc1ccc(OCC(=O)Nc2sc3c(c2C(N)=O)CC[C@H](C(C)(C)C)C3)cc1. The molecule has 0 aliphatic heterocycles. The summed E-state index contributed by atoms with van der Waals surface area (Å²) in [6.07, 6.45) is 2.76. The fourth-order valence-corrected chi connectivity index (χ4v) is 4.97. The molecule has 3 rings (SSSR count). The van der Waals surface area contributed by atoms with E-state index in [1.807, 2.05) is 31.2 Å². The summed E-state index contributed by atoms with van der Waals surface area (Å²) in [4.78, 5) is 25.6. The Balaban J connectivity index is 1.73. The predicted molar refractivity (Wildman–Crippen MR) is 113 cm³/mol. The minimum absolute atomic E-state index is 0.117. The van der Waals surface area contributed by atoms with Gasteiger partial charge >= 0.3 is 0 Å². The van der Waals surface area contributed by atoms with E-state index in [2.05, 4.69) is 26.1 Å². The van der Waals surface area contributed by atoms with Gasteiger partial charge in [0.2, 0.25) is 0 Å². The molecule has 2 aromatic rings. The highest BCUT2D eigenvalue weighted by atomic mass is 32.1. The molecule has 0 saturated carbocycles. The van der Waals surface area contributed by atoms with Crippen LogP contribution in [0.1, 0.15) is 53.6 Å². The van der Waals surface area contributed by atoms with E-state index in [-0.39, 0.29) is 17.9 Å². The molecule has 0 fully saturated rings. The lowest BCUT2D eigenvalue weighted by Gasteiger charge is -2.33. The minimum Gasteiger partial charge on any atom is -0.484 e. The Kier molecular flexibility index (Phi) is 5.79. The summed E-state index contributed by atoms with van der Waals surface area (Å²) in [6, 6.07) is 7.51. The van der Waals surface area contributed by atoms with Gasteiger partial charge in [-0.2, -0.15) is 0 Å². The van der Waals surface area contributed by atoms with Crippen molar-refractivity contribution in [3.05, 3.63) is 45.8 Å². The van der Waals surface area contributed by atoms with Gasteiger partial charge in [-0.15, -0.1) is 11.3 Å². The highest BCUT2D eigenvalue weighted by Crippen LogP contribution is 2.44. The zero-order valence-corrected chi connectivity index (χ0v) is 17.7. The average Bonchev–Trinajstić information content (AvgIpc) is 2.97. The molecule has 150 valence electrons. The molecule has 1 aliphatic carbocycles. The minimum atomic E-state index is -0.485. The molecule has 0 bridgehead atoms. The van der Waals surface area contributed by atoms with E-state index in [4.69, 9.17) is 10.5 Å². The Morgan fingerprint density at radius 2 is 1.93 bits per heavy atom. The number of carbonyl (C=O) groups is 2. The number of ether oxygens (including phenoxy) is 1. The van der Waals surface area contributed by atoms with Gasteiger partial charge in [-0.25, -0.2) is 0 Å². The molecule has 3 N–H and O–H groups in total. The van der Waals surface area contributed by atoms with Crippen LogP contribution in [0.4, 0.5) is 5.00 Å². The lowest BCUT2D eigenvalue weighted by atomic mass is 9.72. The molecule has 6 heteroatoms. The van der Waals surface area contributed by atoms with Crippen molar-refractivity contribution in [2.24, 2.45) is 17.1 Å². The van der Waals surface area contributed by atoms with E-state index in [1.54, 1.807) is 0 Å². The van der Waals surface area contributed by atoms with Crippen LogP contribution in [0.25, 0.3) is 0 Å². The van der Waals surface area contributed by atoms with Gasteiger partial charge < -0.3 is 15.8 Å². The van der Waals surface area contributed by atoms with Crippen molar-refractivity contribution in [1.82, 2.24) is 0 Å². The molecule has 0 spiro atoms. The fraction of sp³-hybridized carbons (Fsp3) is 0.455. The van der Waals surface area contributed by atoms with Crippen molar-refractivity contribution in [1.29, 1.82) is 0 Å². The molecule has 1 aliphatic rings. The highest BCUT2D eigenvalue weighted by molar-refractivity contribution is 7.17. The smallest absolute Gasteiger partial charge is 0.262 e. The molecule has 1 aromatic heterocycles. The van der Waals surface area contributed by atoms with E-state index in [1.165, 1.54) is 11.3 Å². The third kappa shape index (κ3) is 4.55. The van der Waals surface area contributed by atoms with Gasteiger partial charge in [0.05, 0.1) is 5.56 Å². The normalized spacial score (nSPS) is 16.4. The zero-order chi connectivity index (χ0) is 20.5. The summed E-state index contributed by atoms with van der Waals surface area (Å²) >= 11 is 1.47. The van der Waals surface area contributed by atoms with Crippen molar-refractivity contribution in [3.63, 3.8) is 0 Å². The first-order chi connectivity index (χ1) is 13.1. The lowest BCUT2D eigenvalue weighted by Crippen LogP contribution is -2.27. The van der Waals surface area contributed by atoms with E-state index < -0.39 is 5.91 Å². The van der Waals surface area contributed by atoms with Crippen LogP contribution in [0, 0.1) is 18.3 Å². The Labute approximate surface area is 170 Å². The van der Waals surface area contributed by atoms with Gasteiger partial charge in [0.25, 0.3) is 11.8 Å². The van der Waals surface area contributed by atoms with Crippen molar-refractivity contribution in [2.45, 2.75) is 47.0 Å². The van der Waals surface area contributed by atoms with Crippen LogP contribution in [-0.4, -0.2) is 18.4 Å². The molecule has 1 heterocycles. The number of nitrogens with one attached hydrogen (secondary N) is 1. The van der Waals surface area contributed by atoms with E-state index in [9.17, 15) is 9.59 Å². The Hall–Kier alpha value is -2.34. The molecule has 0 unspecified atom stereocenters. The number of anilines is 1. The van der Waals surface area contributed by atoms with E-state index in [0.29, 0.717) is 22.2 Å². The fourth-order valence-electron chi connectivity index (χ4n) is 3.62. The van der Waals surface area contributed by atoms with Crippen LogP contribution in [0.15, 0.2) is 24.3 Å². The third-order valence-electron chi connectivity index (χ3n) is 5.38. The van der Waals surface area contributed by atoms with E-state index in [0.717, 1.165) is 35.3 Å². The second-order valence-corrected chi connectivity index (χ2v) is 9.63. The Morgan fingerprint density at radius 1 is 1.25 bits per heavy atom. The number of amides is 2. The Morgan fingerprint density at radius 3 is 2.54 bits per heavy atom. The summed E-state index contributed by atoms with van der Waals surface area (Å²) in [5.74, 6) is 0.401. The van der Waals surface area contributed by atoms with Crippen molar-refractivity contribution in [3.8, 4) is 5.75 Å². The number of aryl methyl sites for hydroxylation is 1. The standard InChI is InChI=1S/C22H28N2O3S/c1-13-5-8-15(9-6-13)27-12-18(25)24-21-19(20(23)26)16-10-7-14(22(2,3)4)11-17(16)28-21/h5-6,8-9,14H,7,10-12H2,1-4H3,(H2,23,26)(H,24,25)/t14-/m0/s1. The van der Waals surface area contributed by atoms with Gasteiger partial charge in [0.1, 0.15) is 10.8 Å². The van der Waals surface area contributed by atoms with Gasteiger partial charge in [0.15, 0.2) is 6.61 Å². The van der Waals surface area contributed by atoms with Crippen LogP contribution in [0.3, 0.4) is 0 Å². The van der Waals surface area contributed by atoms with Crippen LogP contribution >= 0.6 is 11.3 Å². The number of benzene rings is 1. The first kappa shape index (κ1) is 20.4. The van der Waals surface area contributed by atoms with Gasteiger partial charge in [-0.3, -0.25) is 9.59 Å². The van der Waals surface area contributed by atoms with E-state index >= 15 is 0 Å². The monoisotopic (exact) mass is 400 g/mol. The largest absolute Gasteiger partial charge is 0.484 e. The first-order valence-electron chi connectivity index (χ1n) is 9.59. The quantitative estimate of drug-likeness (QED) is 0.784. The molecule has 2 amide bonds. The summed E-state index contributed by atoms with van der Waals surface area (Å²) in [5.41, 5.74) is 8.45. The lowest BCUT2D eigenvalue weighted by molar-refractivity contribution is -0.118. The maximum absolute atomic E-state index is 12.4. The summed E-state index contributed by atoms with van der Waals surface area (Å²) in [5, 5.41) is 3.38. The predicted octanol–water partition coefficient (Wildman–Crippen LogP) is 4.32. The average molecular weight is 401 g/mol. The van der Waals surface area contributed by atoms with Crippen molar-refractivity contribution >= 4 is 28.2 Å². The summed E-state index contributed by atoms with van der Waals surface area (Å²) < 4.78 is 5.54. The molecule has 5 nitrogen and oxygen atoms in total. The molecular formula is C22H28N2O3S. The third-order valence-corrected chi connectivity index (χ3v) is 6.55.